The first-order chi connectivity index (χ1) is 16.7. The van der Waals surface area contributed by atoms with Crippen LogP contribution < -0.4 is 0 Å². The van der Waals surface area contributed by atoms with Gasteiger partial charge in [-0.2, -0.15) is 0 Å². The van der Waals surface area contributed by atoms with Crippen molar-refractivity contribution in [1.82, 2.24) is 0 Å². The number of benzene rings is 3. The van der Waals surface area contributed by atoms with Crippen LogP contribution >= 0.6 is 15.9 Å². The van der Waals surface area contributed by atoms with Gasteiger partial charge in [0.1, 0.15) is 29.4 Å². The Hall–Kier alpha value is -2.06. The molecule has 5 nitrogen and oxygen atoms in total. The van der Waals surface area contributed by atoms with E-state index in [1.54, 1.807) is 7.11 Å². The molecule has 0 saturated carbocycles. The Morgan fingerprint density at radius 1 is 0.647 bits per heavy atom. The van der Waals surface area contributed by atoms with Crippen molar-refractivity contribution in [1.29, 1.82) is 0 Å². The van der Waals surface area contributed by atoms with Crippen LogP contribution in [-0.4, -0.2) is 43.1 Å². The Kier molecular flexibility index (Phi) is 9.68. The molecule has 0 aromatic heterocycles. The summed E-state index contributed by atoms with van der Waals surface area (Å²) in [7, 11) is 1.67. The number of hydrogen-bond donors (Lipinski definition) is 0. The molecule has 0 N–H and O–H groups in total. The van der Waals surface area contributed by atoms with Gasteiger partial charge in [0, 0.05) is 7.11 Å². The van der Waals surface area contributed by atoms with Crippen molar-refractivity contribution in [3.8, 4) is 0 Å². The van der Waals surface area contributed by atoms with Gasteiger partial charge in [0.05, 0.1) is 26.4 Å². The minimum Gasteiger partial charge on any atom is -0.375 e. The Morgan fingerprint density at radius 2 is 1.12 bits per heavy atom. The Labute approximate surface area is 210 Å². The summed E-state index contributed by atoms with van der Waals surface area (Å²) < 4.78 is 31.0. The predicted octanol–water partition coefficient (Wildman–Crippen LogP) is 5.51. The molecule has 3 aromatic carbocycles. The molecule has 0 radical (unpaired) electrons. The third kappa shape index (κ3) is 6.98. The Balaban J connectivity index is 1.49. The first-order valence-electron chi connectivity index (χ1n) is 11.5. The maximum Gasteiger partial charge on any atom is 0.141 e. The zero-order valence-corrected chi connectivity index (χ0v) is 20.9. The van der Waals surface area contributed by atoms with Gasteiger partial charge in [-0.25, -0.2) is 0 Å². The summed E-state index contributed by atoms with van der Waals surface area (Å²) in [6.45, 7) is 1.77. The maximum atomic E-state index is 6.44. The highest BCUT2D eigenvalue weighted by molar-refractivity contribution is 9.09. The number of methoxy groups -OCH3 is 1. The molecule has 1 aliphatic rings. The van der Waals surface area contributed by atoms with Crippen LogP contribution in [0.4, 0.5) is 0 Å². The number of halogens is 1. The number of ether oxygens (including phenoxy) is 5. The van der Waals surface area contributed by atoms with E-state index < -0.39 is 0 Å². The van der Waals surface area contributed by atoms with E-state index in [1.807, 2.05) is 91.0 Å². The molecule has 5 atom stereocenters. The minimum absolute atomic E-state index is 0.330. The Morgan fingerprint density at radius 3 is 1.62 bits per heavy atom. The molecule has 0 aliphatic carbocycles. The Bertz CT molecular complexity index is 956. The third-order valence-electron chi connectivity index (χ3n) is 5.81. The lowest BCUT2D eigenvalue weighted by molar-refractivity contribution is -0.246. The van der Waals surface area contributed by atoms with Gasteiger partial charge in [-0.1, -0.05) is 107 Å². The summed E-state index contributed by atoms with van der Waals surface area (Å²) in [6, 6.07) is 30.3. The third-order valence-corrected chi connectivity index (χ3v) is 6.55. The smallest absolute Gasteiger partial charge is 0.141 e. The van der Waals surface area contributed by atoms with Gasteiger partial charge in [-0.05, 0) is 16.7 Å². The lowest BCUT2D eigenvalue weighted by Gasteiger charge is -2.44. The number of alkyl halides is 1. The zero-order valence-electron chi connectivity index (χ0n) is 19.3. The van der Waals surface area contributed by atoms with Crippen LogP contribution in [0.25, 0.3) is 0 Å². The molecular formula is C28H31BrO5. The van der Waals surface area contributed by atoms with Crippen LogP contribution in [0.15, 0.2) is 91.0 Å². The average Bonchev–Trinajstić information content (AvgIpc) is 2.88. The molecule has 1 saturated heterocycles. The fourth-order valence-corrected chi connectivity index (χ4v) is 4.83. The summed E-state index contributed by atoms with van der Waals surface area (Å²) in [5, 5.41) is -0.347. The van der Waals surface area contributed by atoms with Gasteiger partial charge < -0.3 is 23.7 Å². The molecule has 34 heavy (non-hydrogen) atoms. The van der Waals surface area contributed by atoms with Crippen LogP contribution in [0, 0.1) is 0 Å². The second-order valence-electron chi connectivity index (χ2n) is 8.25. The van der Waals surface area contributed by atoms with Gasteiger partial charge >= 0.3 is 0 Å². The summed E-state index contributed by atoms with van der Waals surface area (Å²) in [6.07, 6.45) is -1.39. The average molecular weight is 527 g/mol. The lowest BCUT2D eigenvalue weighted by atomic mass is 9.99. The number of rotatable bonds is 11. The molecule has 180 valence electrons. The van der Waals surface area contributed by atoms with E-state index in [0.29, 0.717) is 26.4 Å². The lowest BCUT2D eigenvalue weighted by Crippen LogP contribution is -2.59. The second-order valence-corrected chi connectivity index (χ2v) is 9.15. The van der Waals surface area contributed by atoms with Crippen molar-refractivity contribution < 1.29 is 23.7 Å². The highest BCUT2D eigenvalue weighted by atomic mass is 79.9. The molecule has 4 rings (SSSR count). The van der Waals surface area contributed by atoms with Gasteiger partial charge in [-0.3, -0.25) is 0 Å². The number of hydrogen-bond acceptors (Lipinski definition) is 5. The first-order valence-corrected chi connectivity index (χ1v) is 12.4. The molecule has 1 fully saturated rings. The molecule has 0 spiro atoms. The van der Waals surface area contributed by atoms with Gasteiger partial charge in [0.2, 0.25) is 0 Å². The van der Waals surface area contributed by atoms with E-state index in [1.165, 1.54) is 0 Å². The summed E-state index contributed by atoms with van der Waals surface area (Å²) in [5.74, 6) is 0. The maximum absolute atomic E-state index is 6.44. The minimum atomic E-state index is -0.376. The quantitative estimate of drug-likeness (QED) is 0.308. The van der Waals surface area contributed by atoms with Crippen LogP contribution in [0.2, 0.25) is 0 Å². The zero-order chi connectivity index (χ0) is 23.6. The topological polar surface area (TPSA) is 46.2 Å². The SMILES string of the molecule is CO[C@@H]1[C@@H](OCc2ccccc2)[C@H](OCc2ccccc2)[C@@H](COCc2ccccc2)O[C@@H]1Br. The molecular weight excluding hydrogens is 496 g/mol. The van der Waals surface area contributed by atoms with Crippen molar-refractivity contribution in [2.75, 3.05) is 13.7 Å². The molecule has 1 heterocycles. The first kappa shape index (κ1) is 25.0. The molecule has 0 bridgehead atoms. The summed E-state index contributed by atoms with van der Waals surface area (Å²) in [4.78, 5) is 0. The highest BCUT2D eigenvalue weighted by Crippen LogP contribution is 2.32. The van der Waals surface area contributed by atoms with E-state index in [2.05, 4.69) is 15.9 Å². The summed E-state index contributed by atoms with van der Waals surface area (Å²) in [5.41, 5.74) is 3.29. The fraction of sp³-hybridized carbons (Fsp3) is 0.357. The van der Waals surface area contributed by atoms with E-state index in [0.717, 1.165) is 16.7 Å². The fourth-order valence-electron chi connectivity index (χ4n) is 4.04. The van der Waals surface area contributed by atoms with Crippen LogP contribution in [0.3, 0.4) is 0 Å². The molecule has 1 aliphatic heterocycles. The van der Waals surface area contributed by atoms with Crippen molar-refractivity contribution in [2.24, 2.45) is 0 Å². The largest absolute Gasteiger partial charge is 0.375 e. The molecule has 6 heteroatoms. The molecule has 0 unspecified atom stereocenters. The van der Waals surface area contributed by atoms with Crippen molar-refractivity contribution in [3.05, 3.63) is 108 Å². The predicted molar refractivity (Wildman–Crippen MR) is 135 cm³/mol. The van der Waals surface area contributed by atoms with E-state index in [9.17, 15) is 0 Å². The normalized spacial score (nSPS) is 24.7. The van der Waals surface area contributed by atoms with E-state index in [-0.39, 0.29) is 29.4 Å². The highest BCUT2D eigenvalue weighted by Gasteiger charge is 2.47. The van der Waals surface area contributed by atoms with Crippen LogP contribution in [0.1, 0.15) is 16.7 Å². The molecule has 0 amide bonds. The van der Waals surface area contributed by atoms with Crippen molar-refractivity contribution >= 4 is 15.9 Å². The van der Waals surface area contributed by atoms with Gasteiger partial charge in [-0.15, -0.1) is 0 Å². The van der Waals surface area contributed by atoms with E-state index in [4.69, 9.17) is 23.7 Å². The second kappa shape index (κ2) is 13.1. The summed E-state index contributed by atoms with van der Waals surface area (Å²) >= 11 is 3.64. The van der Waals surface area contributed by atoms with E-state index >= 15 is 0 Å². The van der Waals surface area contributed by atoms with Crippen LogP contribution in [-0.2, 0) is 43.5 Å². The molecule has 3 aromatic rings. The standard InChI is InChI=1S/C28H31BrO5/c1-30-27-26(33-19-23-15-9-4-10-16-23)25(32-18-22-13-7-3-8-14-22)24(34-28(27)29)20-31-17-21-11-5-2-6-12-21/h2-16,24-28H,17-20H2,1H3/t24-,25-,26+,27-,28+/m1/s1. The van der Waals surface area contributed by atoms with Crippen molar-refractivity contribution in [2.45, 2.75) is 49.2 Å². The van der Waals surface area contributed by atoms with Gasteiger partial charge in [0.15, 0.2) is 0 Å². The van der Waals surface area contributed by atoms with Gasteiger partial charge in [0.25, 0.3) is 0 Å². The van der Waals surface area contributed by atoms with Crippen molar-refractivity contribution in [3.63, 3.8) is 0 Å². The van der Waals surface area contributed by atoms with Crippen LogP contribution in [0.5, 0.6) is 0 Å². The monoisotopic (exact) mass is 526 g/mol.